The van der Waals surface area contributed by atoms with Crippen LogP contribution < -0.4 is 20.6 Å². The van der Waals surface area contributed by atoms with E-state index in [4.69, 9.17) is 0 Å². The van der Waals surface area contributed by atoms with Crippen molar-refractivity contribution in [1.82, 2.24) is 0 Å². The van der Waals surface area contributed by atoms with Gasteiger partial charge in [0.05, 0.1) is 23.0 Å². The van der Waals surface area contributed by atoms with Gasteiger partial charge < -0.3 is 25.4 Å². The second kappa shape index (κ2) is 7.84. The number of nitro benzene ring substituents is 1. The number of non-ortho nitro benzene ring substituents is 1. The number of rotatable bonds is 6. The number of nitrogens with two attached hydrogens (primary N) is 1. The van der Waals surface area contributed by atoms with Crippen LogP contribution in [0.1, 0.15) is 12.0 Å². The molecule has 1 saturated heterocycles. The third kappa shape index (κ3) is 4.49. The number of carboxylic acid groups (broad SMARTS) is 1. The average Bonchev–Trinajstić information content (AvgIpc) is 2.55. The molecule has 9 heteroatoms. The standard InChI is InChI=1S/C15H20N4O5/c1-10-2-3-11(19(23)24)8-12(10)17-14(20)9-13(15(21)22)18-6-4-16-5-7-18/h2-3,8,13,16H,4-7,9H2,1H3,(H,17,20)(H,21,22)/p+1/t13-/m0/s1. The summed E-state index contributed by atoms with van der Waals surface area (Å²) in [5.74, 6) is -1.74. The Labute approximate surface area is 138 Å². The van der Waals surface area contributed by atoms with Gasteiger partial charge in [-0.05, 0) is 12.5 Å². The predicted octanol–water partition coefficient (Wildman–Crippen LogP) is -3.19. The molecule has 24 heavy (non-hydrogen) atoms. The molecule has 0 spiro atoms. The number of aliphatic carboxylic acids is 1. The van der Waals surface area contributed by atoms with Gasteiger partial charge in [0, 0.05) is 12.1 Å². The van der Waals surface area contributed by atoms with Crippen molar-refractivity contribution in [3.63, 3.8) is 0 Å². The van der Waals surface area contributed by atoms with Crippen molar-refractivity contribution in [2.24, 2.45) is 0 Å². The number of anilines is 1. The van der Waals surface area contributed by atoms with Gasteiger partial charge in [-0.25, -0.2) is 0 Å². The van der Waals surface area contributed by atoms with Crippen LogP contribution in [0.4, 0.5) is 11.4 Å². The van der Waals surface area contributed by atoms with Gasteiger partial charge in [-0.15, -0.1) is 0 Å². The van der Waals surface area contributed by atoms with Gasteiger partial charge in [0.25, 0.3) is 5.69 Å². The maximum atomic E-state index is 12.2. The number of carbonyl (C=O) groups excluding carboxylic acids is 2. The Morgan fingerprint density at radius 3 is 2.62 bits per heavy atom. The number of quaternary nitrogens is 2. The number of amides is 1. The lowest BCUT2D eigenvalue weighted by Crippen LogP contribution is -3.24. The number of hydrogen-bond donors (Lipinski definition) is 3. The minimum atomic E-state index is -1.25. The van der Waals surface area contributed by atoms with Gasteiger partial charge in [-0.1, -0.05) is 6.07 Å². The van der Waals surface area contributed by atoms with Gasteiger partial charge in [-0.2, -0.15) is 0 Å². The zero-order valence-corrected chi connectivity index (χ0v) is 13.4. The molecule has 4 N–H and O–H groups in total. The summed E-state index contributed by atoms with van der Waals surface area (Å²) in [6, 6.07) is 3.24. The Hall–Kier alpha value is -2.52. The lowest BCUT2D eigenvalue weighted by atomic mass is 10.1. The number of nitrogens with zero attached hydrogens (tertiary/aromatic N) is 1. The first-order chi connectivity index (χ1) is 11.4. The normalized spacial score (nSPS) is 16.4. The van der Waals surface area contributed by atoms with E-state index in [1.807, 2.05) is 0 Å². The van der Waals surface area contributed by atoms with Crippen LogP contribution in [0, 0.1) is 17.0 Å². The van der Waals surface area contributed by atoms with Crippen LogP contribution in [0.3, 0.4) is 0 Å². The monoisotopic (exact) mass is 337 g/mol. The van der Waals surface area contributed by atoms with Gasteiger partial charge in [0.1, 0.15) is 32.2 Å². The maximum Gasteiger partial charge on any atom is 0.271 e. The van der Waals surface area contributed by atoms with E-state index in [-0.39, 0.29) is 12.1 Å². The highest BCUT2D eigenvalue weighted by atomic mass is 16.6. The number of benzene rings is 1. The Morgan fingerprint density at radius 2 is 2.04 bits per heavy atom. The molecule has 0 unspecified atom stereocenters. The van der Waals surface area contributed by atoms with Gasteiger partial charge in [0.2, 0.25) is 5.91 Å². The summed E-state index contributed by atoms with van der Waals surface area (Å²) >= 11 is 0. The van der Waals surface area contributed by atoms with Crippen LogP contribution in [-0.2, 0) is 9.59 Å². The fourth-order valence-corrected chi connectivity index (χ4v) is 2.83. The third-order valence-corrected chi connectivity index (χ3v) is 4.21. The summed E-state index contributed by atoms with van der Waals surface area (Å²) in [6.07, 6.45) is -0.222. The van der Waals surface area contributed by atoms with Crippen molar-refractivity contribution in [2.75, 3.05) is 31.5 Å². The van der Waals surface area contributed by atoms with Crippen molar-refractivity contribution in [2.45, 2.75) is 19.4 Å². The lowest BCUT2D eigenvalue weighted by Gasteiger charge is -2.30. The van der Waals surface area contributed by atoms with E-state index in [0.717, 1.165) is 18.0 Å². The fraction of sp³-hybridized carbons (Fsp3) is 0.467. The molecule has 1 amide bonds. The Bertz CT molecular complexity index is 643. The van der Waals surface area contributed by atoms with Crippen molar-refractivity contribution < 1.29 is 29.8 Å². The number of piperazine rings is 1. The molecule has 1 fully saturated rings. The van der Waals surface area contributed by atoms with Crippen molar-refractivity contribution >= 4 is 23.3 Å². The summed E-state index contributed by atoms with van der Waals surface area (Å²) in [7, 11) is 0. The van der Waals surface area contributed by atoms with Crippen molar-refractivity contribution in [1.29, 1.82) is 0 Å². The first-order valence-corrected chi connectivity index (χ1v) is 7.80. The number of nitro groups is 1. The van der Waals surface area contributed by atoms with Crippen LogP contribution in [0.2, 0.25) is 0 Å². The largest absolute Gasteiger partial charge is 0.544 e. The van der Waals surface area contributed by atoms with Gasteiger partial charge in [-0.3, -0.25) is 14.9 Å². The van der Waals surface area contributed by atoms with E-state index in [1.54, 1.807) is 6.92 Å². The van der Waals surface area contributed by atoms with Crippen LogP contribution in [-0.4, -0.2) is 49.0 Å². The smallest absolute Gasteiger partial charge is 0.271 e. The fourth-order valence-electron chi connectivity index (χ4n) is 2.83. The summed E-state index contributed by atoms with van der Waals surface area (Å²) in [5, 5.41) is 26.9. The van der Waals surface area contributed by atoms with E-state index in [1.165, 1.54) is 18.2 Å². The SMILES string of the molecule is Cc1ccc([N+](=O)[O-])cc1NC(=O)C[C@@H](C(=O)[O-])[NH+]1CC[NH2+]CC1. The van der Waals surface area contributed by atoms with Crippen LogP contribution in [0.25, 0.3) is 0 Å². The molecule has 9 nitrogen and oxygen atoms in total. The number of carboxylic acids is 1. The van der Waals surface area contributed by atoms with E-state index in [2.05, 4.69) is 10.6 Å². The molecule has 0 aromatic heterocycles. The molecule has 1 aliphatic rings. The second-order valence-corrected chi connectivity index (χ2v) is 5.90. The number of hydrogen-bond acceptors (Lipinski definition) is 5. The van der Waals surface area contributed by atoms with E-state index < -0.39 is 22.8 Å². The Balaban J connectivity index is 2.06. The van der Waals surface area contributed by atoms with E-state index in [9.17, 15) is 24.8 Å². The van der Waals surface area contributed by atoms with Gasteiger partial charge in [0.15, 0.2) is 0 Å². The maximum absolute atomic E-state index is 12.2. The number of carbonyl (C=O) groups is 2. The molecule has 0 bridgehead atoms. The number of nitrogens with one attached hydrogen (secondary N) is 2. The highest BCUT2D eigenvalue weighted by Gasteiger charge is 2.29. The molecule has 0 radical (unpaired) electrons. The highest BCUT2D eigenvalue weighted by molar-refractivity contribution is 5.94. The van der Waals surface area contributed by atoms with Crippen LogP contribution in [0.15, 0.2) is 18.2 Å². The van der Waals surface area contributed by atoms with E-state index in [0.29, 0.717) is 24.3 Å². The zero-order valence-electron chi connectivity index (χ0n) is 13.4. The molecule has 0 aliphatic carbocycles. The molecular formula is C15H21N4O5+. The van der Waals surface area contributed by atoms with E-state index >= 15 is 0 Å². The molecule has 1 aromatic rings. The molecule has 0 saturated carbocycles. The topological polar surface area (TPSA) is 133 Å². The second-order valence-electron chi connectivity index (χ2n) is 5.90. The minimum absolute atomic E-state index is 0.135. The van der Waals surface area contributed by atoms with Crippen LogP contribution >= 0.6 is 0 Å². The van der Waals surface area contributed by atoms with Crippen molar-refractivity contribution in [3.8, 4) is 0 Å². The first kappa shape index (κ1) is 17.8. The first-order valence-electron chi connectivity index (χ1n) is 7.80. The third-order valence-electron chi connectivity index (χ3n) is 4.21. The predicted molar refractivity (Wildman–Crippen MR) is 82.2 cm³/mol. The lowest BCUT2D eigenvalue weighted by molar-refractivity contribution is -0.961. The summed E-state index contributed by atoms with van der Waals surface area (Å²) in [4.78, 5) is 34.7. The highest BCUT2D eigenvalue weighted by Crippen LogP contribution is 2.21. The number of aryl methyl sites for hydroxylation is 1. The molecule has 1 heterocycles. The van der Waals surface area contributed by atoms with Crippen LogP contribution in [0.5, 0.6) is 0 Å². The zero-order chi connectivity index (χ0) is 17.7. The average molecular weight is 337 g/mol. The molecule has 1 atom stereocenters. The molecule has 130 valence electrons. The molecular weight excluding hydrogens is 316 g/mol. The quantitative estimate of drug-likeness (QED) is 0.372. The summed E-state index contributed by atoms with van der Waals surface area (Å²) in [6.45, 7) is 4.64. The minimum Gasteiger partial charge on any atom is -0.544 e. The Morgan fingerprint density at radius 1 is 1.38 bits per heavy atom. The Kier molecular flexibility index (Phi) is 5.83. The molecule has 2 rings (SSSR count). The van der Waals surface area contributed by atoms with Crippen molar-refractivity contribution in [3.05, 3.63) is 33.9 Å². The summed E-state index contributed by atoms with van der Waals surface area (Å²) in [5.41, 5.74) is 0.844. The summed E-state index contributed by atoms with van der Waals surface area (Å²) < 4.78 is 0. The van der Waals surface area contributed by atoms with Gasteiger partial charge >= 0.3 is 0 Å². The molecule has 1 aromatic carbocycles. The molecule has 1 aliphatic heterocycles.